The molecule has 0 fully saturated rings. The molecule has 0 saturated carbocycles. The summed E-state index contributed by atoms with van der Waals surface area (Å²) >= 11 is 0. The van der Waals surface area contributed by atoms with Crippen LogP contribution in [0, 0.1) is 0 Å². The van der Waals surface area contributed by atoms with E-state index >= 15 is 0 Å². The number of aromatic nitrogens is 2. The first-order valence-electron chi connectivity index (χ1n) is 9.42. The number of aromatic amines is 1. The second-order valence-electron chi connectivity index (χ2n) is 7.13. The summed E-state index contributed by atoms with van der Waals surface area (Å²) in [6, 6.07) is 15.9. The second kappa shape index (κ2) is 7.81. The standard InChI is InChI=1S/C21H22N4O3S/c1-15(16-5-3-2-4-6-16)24-29(27,28)19-8-7-17-10-12-25(14-18(17)13-19)21(26)20-9-11-22-23-20/h2-9,11,13,15,24H,10,12,14H2,1H3,(H,22,23). The maximum Gasteiger partial charge on any atom is 0.272 e. The Morgan fingerprint density at radius 1 is 1.14 bits per heavy atom. The van der Waals surface area contributed by atoms with Gasteiger partial charge in [0.2, 0.25) is 10.0 Å². The lowest BCUT2D eigenvalue weighted by atomic mass is 9.99. The van der Waals surface area contributed by atoms with E-state index in [0.717, 1.165) is 16.7 Å². The molecule has 1 amide bonds. The molecule has 0 spiro atoms. The zero-order chi connectivity index (χ0) is 20.4. The summed E-state index contributed by atoms with van der Waals surface area (Å²) in [5, 5.41) is 6.51. The summed E-state index contributed by atoms with van der Waals surface area (Å²) < 4.78 is 28.5. The Labute approximate surface area is 169 Å². The first-order valence-corrected chi connectivity index (χ1v) is 10.9. The van der Waals surface area contributed by atoms with Gasteiger partial charge in [0, 0.05) is 25.3 Å². The molecule has 0 saturated heterocycles. The molecule has 1 unspecified atom stereocenters. The summed E-state index contributed by atoms with van der Waals surface area (Å²) in [5.74, 6) is -0.141. The smallest absolute Gasteiger partial charge is 0.272 e. The van der Waals surface area contributed by atoms with Crippen molar-refractivity contribution in [3.63, 3.8) is 0 Å². The molecule has 2 N–H and O–H groups in total. The molecule has 1 aliphatic rings. The Morgan fingerprint density at radius 2 is 1.93 bits per heavy atom. The molecular weight excluding hydrogens is 388 g/mol. The second-order valence-corrected chi connectivity index (χ2v) is 8.85. The number of rotatable bonds is 5. The van der Waals surface area contributed by atoms with E-state index in [1.807, 2.05) is 43.3 Å². The van der Waals surface area contributed by atoms with Crippen molar-refractivity contribution in [3.05, 3.63) is 83.2 Å². The summed E-state index contributed by atoms with van der Waals surface area (Å²) in [7, 11) is -3.69. The SMILES string of the molecule is CC(NS(=O)(=O)c1ccc2c(c1)CN(C(=O)c1ccn[nH]1)CC2)c1ccccc1. The number of carbonyl (C=O) groups excluding carboxylic acids is 1. The van der Waals surface area contributed by atoms with E-state index in [-0.39, 0.29) is 16.8 Å². The van der Waals surface area contributed by atoms with Gasteiger partial charge in [-0.2, -0.15) is 5.10 Å². The van der Waals surface area contributed by atoms with E-state index in [1.54, 1.807) is 23.1 Å². The fourth-order valence-electron chi connectivity index (χ4n) is 3.53. The van der Waals surface area contributed by atoms with Crippen LogP contribution in [0.15, 0.2) is 65.7 Å². The van der Waals surface area contributed by atoms with Gasteiger partial charge < -0.3 is 4.90 Å². The van der Waals surface area contributed by atoms with Crippen molar-refractivity contribution in [3.8, 4) is 0 Å². The van der Waals surface area contributed by atoms with Crippen LogP contribution >= 0.6 is 0 Å². The van der Waals surface area contributed by atoms with Crippen molar-refractivity contribution in [1.29, 1.82) is 0 Å². The average molecular weight is 410 g/mol. The molecule has 0 radical (unpaired) electrons. The van der Waals surface area contributed by atoms with Gasteiger partial charge >= 0.3 is 0 Å². The summed E-state index contributed by atoms with van der Waals surface area (Å²) in [6.07, 6.45) is 2.22. The zero-order valence-corrected chi connectivity index (χ0v) is 16.8. The lowest BCUT2D eigenvalue weighted by Crippen LogP contribution is -2.36. The van der Waals surface area contributed by atoms with E-state index in [2.05, 4.69) is 14.9 Å². The number of benzene rings is 2. The van der Waals surface area contributed by atoms with Crippen LogP contribution in [0.5, 0.6) is 0 Å². The summed E-state index contributed by atoms with van der Waals surface area (Å²) in [5.41, 5.74) is 3.23. The zero-order valence-electron chi connectivity index (χ0n) is 16.0. The Bertz CT molecular complexity index is 1110. The van der Waals surface area contributed by atoms with Crippen molar-refractivity contribution in [1.82, 2.24) is 19.8 Å². The minimum atomic E-state index is -3.69. The number of hydrogen-bond donors (Lipinski definition) is 2. The van der Waals surface area contributed by atoms with Crippen LogP contribution in [-0.2, 0) is 23.0 Å². The molecule has 2 heterocycles. The van der Waals surface area contributed by atoms with Crippen molar-refractivity contribution in [2.75, 3.05) is 6.54 Å². The maximum absolute atomic E-state index is 12.9. The average Bonchev–Trinajstić information content (AvgIpc) is 3.27. The number of amides is 1. The van der Waals surface area contributed by atoms with Crippen LogP contribution in [-0.4, -0.2) is 36.0 Å². The molecule has 150 valence electrons. The summed E-state index contributed by atoms with van der Waals surface area (Å²) in [4.78, 5) is 14.5. The van der Waals surface area contributed by atoms with E-state index in [0.29, 0.717) is 25.2 Å². The quantitative estimate of drug-likeness (QED) is 0.676. The molecular formula is C21H22N4O3S. The van der Waals surface area contributed by atoms with Crippen LogP contribution in [0.2, 0.25) is 0 Å². The number of nitrogens with one attached hydrogen (secondary N) is 2. The Kier molecular flexibility index (Phi) is 5.21. The molecule has 3 aromatic rings. The highest BCUT2D eigenvalue weighted by atomic mass is 32.2. The third-order valence-corrected chi connectivity index (χ3v) is 6.69. The fourth-order valence-corrected chi connectivity index (χ4v) is 4.81. The predicted molar refractivity (Wildman–Crippen MR) is 109 cm³/mol. The van der Waals surface area contributed by atoms with Gasteiger partial charge in [0.15, 0.2) is 0 Å². The van der Waals surface area contributed by atoms with E-state index in [1.165, 1.54) is 6.20 Å². The predicted octanol–water partition coefficient (Wildman–Crippen LogP) is 2.65. The number of carbonyl (C=O) groups is 1. The van der Waals surface area contributed by atoms with Gasteiger partial charge in [0.1, 0.15) is 5.69 Å². The van der Waals surface area contributed by atoms with E-state index in [4.69, 9.17) is 0 Å². The lowest BCUT2D eigenvalue weighted by molar-refractivity contribution is 0.0728. The fraction of sp³-hybridized carbons (Fsp3) is 0.238. The minimum absolute atomic E-state index is 0.141. The highest BCUT2D eigenvalue weighted by molar-refractivity contribution is 7.89. The van der Waals surface area contributed by atoms with Crippen molar-refractivity contribution < 1.29 is 13.2 Å². The minimum Gasteiger partial charge on any atom is -0.333 e. The lowest BCUT2D eigenvalue weighted by Gasteiger charge is -2.29. The highest BCUT2D eigenvalue weighted by Crippen LogP contribution is 2.24. The first kappa shape index (κ1) is 19.4. The van der Waals surface area contributed by atoms with Gasteiger partial charge in [0.05, 0.1) is 4.90 Å². The largest absolute Gasteiger partial charge is 0.333 e. The number of H-pyrrole nitrogens is 1. The van der Waals surface area contributed by atoms with Crippen molar-refractivity contribution >= 4 is 15.9 Å². The highest BCUT2D eigenvalue weighted by Gasteiger charge is 2.25. The molecule has 0 aliphatic carbocycles. The van der Waals surface area contributed by atoms with Crippen LogP contribution in [0.3, 0.4) is 0 Å². The van der Waals surface area contributed by atoms with E-state index < -0.39 is 10.0 Å². The van der Waals surface area contributed by atoms with Crippen molar-refractivity contribution in [2.24, 2.45) is 0 Å². The Hall–Kier alpha value is -2.97. The van der Waals surface area contributed by atoms with Gasteiger partial charge in [-0.1, -0.05) is 36.4 Å². The summed E-state index contributed by atoms with van der Waals surface area (Å²) in [6.45, 7) is 2.76. The number of fused-ring (bicyclic) bond motifs is 1. The first-order chi connectivity index (χ1) is 13.9. The Balaban J connectivity index is 1.54. The monoisotopic (exact) mass is 410 g/mol. The molecule has 0 bridgehead atoms. The molecule has 7 nitrogen and oxygen atoms in total. The molecule has 29 heavy (non-hydrogen) atoms. The molecule has 1 atom stereocenters. The van der Waals surface area contributed by atoms with Gasteiger partial charge in [-0.3, -0.25) is 9.89 Å². The molecule has 1 aliphatic heterocycles. The topological polar surface area (TPSA) is 95.2 Å². The van der Waals surface area contributed by atoms with Gasteiger partial charge in [-0.05, 0) is 48.2 Å². The number of nitrogens with zero attached hydrogens (tertiary/aromatic N) is 2. The van der Waals surface area contributed by atoms with Gasteiger partial charge in [-0.25, -0.2) is 13.1 Å². The molecule has 8 heteroatoms. The molecule has 2 aromatic carbocycles. The molecule has 4 rings (SSSR count). The maximum atomic E-state index is 12.9. The third-order valence-electron chi connectivity index (χ3n) is 5.15. The van der Waals surface area contributed by atoms with Gasteiger partial charge in [0.25, 0.3) is 5.91 Å². The van der Waals surface area contributed by atoms with Crippen LogP contribution < -0.4 is 4.72 Å². The van der Waals surface area contributed by atoms with Gasteiger partial charge in [-0.15, -0.1) is 0 Å². The van der Waals surface area contributed by atoms with Crippen LogP contribution in [0.25, 0.3) is 0 Å². The number of sulfonamides is 1. The normalized spacial score (nSPS) is 15.0. The number of hydrogen-bond acceptors (Lipinski definition) is 4. The van der Waals surface area contributed by atoms with E-state index in [9.17, 15) is 13.2 Å². The van der Waals surface area contributed by atoms with Crippen molar-refractivity contribution in [2.45, 2.75) is 30.8 Å². The van der Waals surface area contributed by atoms with Crippen LogP contribution in [0.1, 0.15) is 40.1 Å². The Morgan fingerprint density at radius 3 is 2.66 bits per heavy atom. The van der Waals surface area contributed by atoms with Crippen LogP contribution in [0.4, 0.5) is 0 Å². The molecule has 1 aromatic heterocycles. The third kappa shape index (κ3) is 4.08.